The number of anilines is 1. The van der Waals surface area contributed by atoms with Gasteiger partial charge in [-0.25, -0.2) is 9.97 Å². The lowest BCUT2D eigenvalue weighted by Crippen LogP contribution is -2.15. The Kier molecular flexibility index (Phi) is 4.71. The molecule has 3 heterocycles. The number of hydrogen-bond donors (Lipinski definition) is 2. The van der Waals surface area contributed by atoms with Gasteiger partial charge in [-0.15, -0.1) is 0 Å². The molecule has 0 saturated heterocycles. The number of aromatic nitrogens is 3. The maximum Gasteiger partial charge on any atom is 0.174 e. The van der Waals surface area contributed by atoms with Crippen LogP contribution in [0.5, 0.6) is 5.75 Å². The zero-order valence-electron chi connectivity index (χ0n) is 13.5. The SMILES string of the molecule is CNCCn1c(Sc2cc3c(cc2I)OOC3)nc2c(N)nccc21. The molecule has 2 aromatic heterocycles. The van der Waals surface area contributed by atoms with Gasteiger partial charge in [0.15, 0.2) is 16.7 Å². The summed E-state index contributed by atoms with van der Waals surface area (Å²) in [6, 6.07) is 6.04. The molecule has 0 fully saturated rings. The van der Waals surface area contributed by atoms with E-state index >= 15 is 0 Å². The van der Waals surface area contributed by atoms with Crippen LogP contribution in [0, 0.1) is 3.57 Å². The molecule has 0 aliphatic carbocycles. The Morgan fingerprint density at radius 2 is 2.32 bits per heavy atom. The number of fused-ring (bicyclic) bond motifs is 2. The number of imidazole rings is 1. The van der Waals surface area contributed by atoms with E-state index in [1.54, 1.807) is 18.0 Å². The van der Waals surface area contributed by atoms with Crippen LogP contribution in [0.4, 0.5) is 5.82 Å². The van der Waals surface area contributed by atoms with Crippen molar-refractivity contribution in [2.24, 2.45) is 0 Å². The van der Waals surface area contributed by atoms with Crippen LogP contribution < -0.4 is 15.9 Å². The number of likely N-dealkylation sites (N-methyl/N-ethyl adjacent to an activating group) is 1. The molecular formula is C16H16IN5O2S. The quantitative estimate of drug-likeness (QED) is 0.439. The first-order valence-corrected chi connectivity index (χ1v) is 9.62. The standard InChI is InChI=1S/C16H16IN5O2S/c1-19-4-5-22-11-2-3-20-15(18)14(11)21-16(22)25-13-6-9-8-23-24-12(9)7-10(13)17/h2-3,6-7,19H,4-5,8H2,1H3,(H2,18,20). The van der Waals surface area contributed by atoms with Crippen molar-refractivity contribution in [3.8, 4) is 5.75 Å². The number of rotatable bonds is 5. The van der Waals surface area contributed by atoms with E-state index in [2.05, 4.69) is 43.5 Å². The first-order chi connectivity index (χ1) is 12.2. The van der Waals surface area contributed by atoms with E-state index in [1.807, 2.05) is 19.2 Å². The van der Waals surface area contributed by atoms with Crippen molar-refractivity contribution in [3.05, 3.63) is 33.5 Å². The second kappa shape index (κ2) is 6.98. The molecule has 0 unspecified atom stereocenters. The third kappa shape index (κ3) is 3.16. The summed E-state index contributed by atoms with van der Waals surface area (Å²) < 4.78 is 3.26. The lowest BCUT2D eigenvalue weighted by atomic mass is 10.2. The number of nitrogen functional groups attached to an aromatic ring is 1. The van der Waals surface area contributed by atoms with E-state index in [0.717, 1.165) is 49.1 Å². The highest BCUT2D eigenvalue weighted by Gasteiger charge is 2.20. The number of pyridine rings is 1. The molecule has 1 aliphatic heterocycles. The molecule has 3 N–H and O–H groups in total. The minimum atomic E-state index is 0.452. The number of nitrogens with one attached hydrogen (secondary N) is 1. The molecule has 25 heavy (non-hydrogen) atoms. The van der Waals surface area contributed by atoms with E-state index in [4.69, 9.17) is 20.5 Å². The van der Waals surface area contributed by atoms with E-state index < -0.39 is 0 Å². The van der Waals surface area contributed by atoms with Gasteiger partial charge < -0.3 is 20.5 Å². The van der Waals surface area contributed by atoms with E-state index in [9.17, 15) is 0 Å². The highest BCUT2D eigenvalue weighted by molar-refractivity contribution is 14.1. The summed E-state index contributed by atoms with van der Waals surface area (Å²) in [6.45, 7) is 2.10. The summed E-state index contributed by atoms with van der Waals surface area (Å²) in [4.78, 5) is 20.2. The molecule has 3 aromatic rings. The van der Waals surface area contributed by atoms with Crippen molar-refractivity contribution in [2.45, 2.75) is 23.2 Å². The fourth-order valence-electron chi connectivity index (χ4n) is 2.67. The summed E-state index contributed by atoms with van der Waals surface area (Å²) in [7, 11) is 1.94. The fourth-order valence-corrected chi connectivity index (χ4v) is 4.43. The van der Waals surface area contributed by atoms with Crippen LogP contribution in [-0.4, -0.2) is 28.1 Å². The average molecular weight is 469 g/mol. The Morgan fingerprint density at radius 3 is 3.16 bits per heavy atom. The largest absolute Gasteiger partial charge is 0.382 e. The van der Waals surface area contributed by atoms with E-state index in [-0.39, 0.29) is 0 Å². The molecule has 1 aliphatic rings. The van der Waals surface area contributed by atoms with Gasteiger partial charge in [0, 0.05) is 33.3 Å². The van der Waals surface area contributed by atoms with Crippen molar-refractivity contribution >= 4 is 51.2 Å². The van der Waals surface area contributed by atoms with Gasteiger partial charge in [0.05, 0.1) is 5.52 Å². The van der Waals surface area contributed by atoms with Crippen molar-refractivity contribution < 1.29 is 9.78 Å². The number of benzene rings is 1. The number of hydrogen-bond acceptors (Lipinski definition) is 7. The van der Waals surface area contributed by atoms with Crippen LogP contribution in [-0.2, 0) is 18.0 Å². The van der Waals surface area contributed by atoms with Crippen molar-refractivity contribution in [2.75, 3.05) is 19.3 Å². The molecule has 0 atom stereocenters. The number of halogens is 1. The molecule has 4 rings (SSSR count). The Balaban J connectivity index is 1.77. The van der Waals surface area contributed by atoms with Crippen molar-refractivity contribution in [1.29, 1.82) is 0 Å². The molecule has 0 amide bonds. The molecular weight excluding hydrogens is 453 g/mol. The van der Waals surface area contributed by atoms with E-state index in [1.165, 1.54) is 0 Å². The van der Waals surface area contributed by atoms with Gasteiger partial charge in [-0.3, -0.25) is 0 Å². The molecule has 1 aromatic carbocycles. The topological polar surface area (TPSA) is 87.2 Å². The predicted molar refractivity (Wildman–Crippen MR) is 105 cm³/mol. The molecule has 0 spiro atoms. The van der Waals surface area contributed by atoms with Crippen LogP contribution in [0.2, 0.25) is 0 Å². The number of nitrogens with zero attached hydrogens (tertiary/aromatic N) is 3. The minimum Gasteiger partial charge on any atom is -0.382 e. The van der Waals surface area contributed by atoms with Crippen LogP contribution in [0.25, 0.3) is 11.0 Å². The first-order valence-electron chi connectivity index (χ1n) is 7.72. The highest BCUT2D eigenvalue weighted by Crippen LogP contribution is 2.38. The predicted octanol–water partition coefficient (Wildman–Crippen LogP) is 2.81. The third-order valence-corrected chi connectivity index (χ3v) is 6.24. The van der Waals surface area contributed by atoms with E-state index in [0.29, 0.717) is 12.4 Å². The van der Waals surface area contributed by atoms with Gasteiger partial charge in [0.2, 0.25) is 0 Å². The molecule has 7 nitrogen and oxygen atoms in total. The van der Waals surface area contributed by atoms with Crippen LogP contribution >= 0.6 is 34.4 Å². The molecule has 0 bridgehead atoms. The maximum absolute atomic E-state index is 6.02. The average Bonchev–Trinajstić information content (AvgIpc) is 3.18. The Labute approximate surface area is 162 Å². The molecule has 130 valence electrons. The third-order valence-electron chi connectivity index (χ3n) is 3.93. The fraction of sp³-hybridized carbons (Fsp3) is 0.250. The second-order valence-electron chi connectivity index (χ2n) is 5.55. The first kappa shape index (κ1) is 16.9. The van der Waals surface area contributed by atoms with Crippen molar-refractivity contribution in [3.63, 3.8) is 0 Å². The summed E-state index contributed by atoms with van der Waals surface area (Å²) in [5.41, 5.74) is 8.79. The smallest absolute Gasteiger partial charge is 0.174 e. The number of nitrogens with two attached hydrogens (primary N) is 1. The Bertz CT molecular complexity index is 946. The monoisotopic (exact) mass is 469 g/mol. The highest BCUT2D eigenvalue weighted by atomic mass is 127. The molecule has 0 saturated carbocycles. The maximum atomic E-state index is 6.02. The molecule has 0 radical (unpaired) electrons. The van der Waals surface area contributed by atoms with Gasteiger partial charge in [-0.2, -0.15) is 4.89 Å². The minimum absolute atomic E-state index is 0.452. The zero-order chi connectivity index (χ0) is 17.4. The van der Waals surface area contributed by atoms with Crippen LogP contribution in [0.1, 0.15) is 5.56 Å². The Hall–Kier alpha value is -1.56. The van der Waals surface area contributed by atoms with Gasteiger partial charge in [-0.05, 0) is 47.8 Å². The normalized spacial score (nSPS) is 13.2. The van der Waals surface area contributed by atoms with Crippen molar-refractivity contribution in [1.82, 2.24) is 19.9 Å². The summed E-state index contributed by atoms with van der Waals surface area (Å²) >= 11 is 3.92. The van der Waals surface area contributed by atoms with Gasteiger partial charge >= 0.3 is 0 Å². The van der Waals surface area contributed by atoms with Crippen LogP contribution in [0.3, 0.4) is 0 Å². The second-order valence-corrected chi connectivity index (χ2v) is 7.72. The Morgan fingerprint density at radius 1 is 1.44 bits per heavy atom. The summed E-state index contributed by atoms with van der Waals surface area (Å²) in [5.74, 6) is 1.24. The van der Waals surface area contributed by atoms with Gasteiger partial charge in [0.1, 0.15) is 12.1 Å². The lowest BCUT2D eigenvalue weighted by molar-refractivity contribution is -0.194. The summed E-state index contributed by atoms with van der Waals surface area (Å²) in [5, 5.41) is 4.07. The molecule has 9 heteroatoms. The zero-order valence-corrected chi connectivity index (χ0v) is 16.4. The van der Waals surface area contributed by atoms with Gasteiger partial charge in [-0.1, -0.05) is 11.8 Å². The summed E-state index contributed by atoms with van der Waals surface area (Å²) in [6.07, 6.45) is 1.72. The van der Waals surface area contributed by atoms with Gasteiger partial charge in [0.25, 0.3) is 0 Å². The lowest BCUT2D eigenvalue weighted by Gasteiger charge is -2.10. The van der Waals surface area contributed by atoms with Crippen LogP contribution in [0.15, 0.2) is 34.4 Å².